The van der Waals surface area contributed by atoms with Crippen molar-refractivity contribution >= 4 is 17.0 Å². The Bertz CT molecular complexity index is 706. The Morgan fingerprint density at radius 1 is 1.17 bits per heavy atom. The summed E-state index contributed by atoms with van der Waals surface area (Å²) in [6, 6.07) is 11.0. The van der Waals surface area contributed by atoms with Gasteiger partial charge in [0.2, 0.25) is 11.6 Å². The summed E-state index contributed by atoms with van der Waals surface area (Å²) in [6.07, 6.45) is 0. The summed E-state index contributed by atoms with van der Waals surface area (Å²) in [4.78, 5) is 8.44. The predicted octanol–water partition coefficient (Wildman–Crippen LogP) is 2.48. The molecule has 2 aromatic heterocycles. The van der Waals surface area contributed by atoms with Crippen LogP contribution < -0.4 is 10.5 Å². The van der Waals surface area contributed by atoms with E-state index in [1.165, 1.54) is 0 Å². The van der Waals surface area contributed by atoms with Gasteiger partial charge in [-0.1, -0.05) is 6.07 Å². The third-order valence-electron chi connectivity index (χ3n) is 2.59. The molecule has 90 valence electrons. The molecule has 3 aromatic rings. The molecule has 3 rings (SSSR count). The van der Waals surface area contributed by atoms with E-state index in [0.29, 0.717) is 22.9 Å². The van der Waals surface area contributed by atoms with E-state index in [9.17, 15) is 0 Å². The average molecular weight is 241 g/mol. The van der Waals surface area contributed by atoms with Crippen LogP contribution in [0, 0.1) is 0 Å². The first-order valence-electron chi connectivity index (χ1n) is 5.44. The molecule has 0 unspecified atom stereocenters. The van der Waals surface area contributed by atoms with Crippen LogP contribution >= 0.6 is 0 Å². The third kappa shape index (κ3) is 1.75. The van der Waals surface area contributed by atoms with Gasteiger partial charge in [-0.15, -0.1) is 0 Å². The fourth-order valence-electron chi connectivity index (χ4n) is 1.71. The van der Waals surface area contributed by atoms with Crippen LogP contribution in [0.4, 0.5) is 5.82 Å². The molecule has 2 heterocycles. The second-order valence-electron chi connectivity index (χ2n) is 3.81. The number of aromatic nitrogens is 2. The highest BCUT2D eigenvalue weighted by atomic mass is 16.5. The molecule has 0 saturated carbocycles. The summed E-state index contributed by atoms with van der Waals surface area (Å²) < 4.78 is 10.7. The zero-order valence-corrected chi connectivity index (χ0v) is 9.75. The number of hydrogen-bond donors (Lipinski definition) is 1. The molecule has 0 aliphatic rings. The third-order valence-corrected chi connectivity index (χ3v) is 2.59. The lowest BCUT2D eigenvalue weighted by molar-refractivity contribution is 0.415. The summed E-state index contributed by atoms with van der Waals surface area (Å²) >= 11 is 0. The Balaban J connectivity index is 2.13. The van der Waals surface area contributed by atoms with Crippen LogP contribution in [-0.4, -0.2) is 17.1 Å². The molecule has 0 fully saturated rings. The maximum absolute atomic E-state index is 5.60. The Morgan fingerprint density at radius 2 is 2.06 bits per heavy atom. The number of oxazole rings is 1. The number of nitrogens with two attached hydrogens (primary N) is 1. The number of nitrogens with zero attached hydrogens (tertiary/aromatic N) is 2. The van der Waals surface area contributed by atoms with Crippen molar-refractivity contribution in [2.45, 2.75) is 0 Å². The SMILES string of the molecule is COc1cccc(-c2nc3ccc(N)nc3o2)c1. The van der Waals surface area contributed by atoms with Gasteiger partial charge in [0.25, 0.3) is 0 Å². The van der Waals surface area contributed by atoms with Crippen molar-refractivity contribution in [3.63, 3.8) is 0 Å². The summed E-state index contributed by atoms with van der Waals surface area (Å²) in [5, 5.41) is 0. The van der Waals surface area contributed by atoms with E-state index >= 15 is 0 Å². The molecular formula is C13H11N3O2. The van der Waals surface area contributed by atoms with Crippen molar-refractivity contribution in [3.8, 4) is 17.2 Å². The van der Waals surface area contributed by atoms with E-state index in [0.717, 1.165) is 11.3 Å². The van der Waals surface area contributed by atoms with Gasteiger partial charge in [-0.05, 0) is 30.3 Å². The number of pyridine rings is 1. The number of fused-ring (bicyclic) bond motifs is 1. The largest absolute Gasteiger partial charge is 0.497 e. The Kier molecular flexibility index (Phi) is 2.37. The van der Waals surface area contributed by atoms with Gasteiger partial charge in [0.15, 0.2) is 0 Å². The summed E-state index contributed by atoms with van der Waals surface area (Å²) in [6.45, 7) is 0. The van der Waals surface area contributed by atoms with Crippen molar-refractivity contribution in [2.75, 3.05) is 12.8 Å². The fraction of sp³-hybridized carbons (Fsp3) is 0.0769. The molecule has 0 bridgehead atoms. The fourth-order valence-corrected chi connectivity index (χ4v) is 1.71. The zero-order valence-electron chi connectivity index (χ0n) is 9.75. The smallest absolute Gasteiger partial charge is 0.249 e. The molecule has 1 aromatic carbocycles. The van der Waals surface area contributed by atoms with E-state index in [1.54, 1.807) is 19.2 Å². The highest BCUT2D eigenvalue weighted by Gasteiger charge is 2.09. The summed E-state index contributed by atoms with van der Waals surface area (Å²) in [5.74, 6) is 1.67. The van der Waals surface area contributed by atoms with Gasteiger partial charge in [0, 0.05) is 5.56 Å². The summed E-state index contributed by atoms with van der Waals surface area (Å²) in [7, 11) is 1.62. The molecule has 5 heteroatoms. The highest BCUT2D eigenvalue weighted by Crippen LogP contribution is 2.26. The lowest BCUT2D eigenvalue weighted by Gasteiger charge is -2.00. The first kappa shape index (κ1) is 10.6. The lowest BCUT2D eigenvalue weighted by atomic mass is 10.2. The first-order valence-corrected chi connectivity index (χ1v) is 5.44. The van der Waals surface area contributed by atoms with Crippen LogP contribution in [0.25, 0.3) is 22.7 Å². The quantitative estimate of drug-likeness (QED) is 0.746. The number of hydrogen-bond acceptors (Lipinski definition) is 5. The molecule has 0 atom stereocenters. The number of rotatable bonds is 2. The molecule has 0 aliphatic heterocycles. The van der Waals surface area contributed by atoms with Gasteiger partial charge in [0.05, 0.1) is 7.11 Å². The van der Waals surface area contributed by atoms with Crippen LogP contribution in [0.2, 0.25) is 0 Å². The van der Waals surface area contributed by atoms with Crippen LogP contribution in [0.1, 0.15) is 0 Å². The van der Waals surface area contributed by atoms with E-state index in [4.69, 9.17) is 14.9 Å². The molecular weight excluding hydrogens is 230 g/mol. The second kappa shape index (κ2) is 4.03. The van der Waals surface area contributed by atoms with Crippen LogP contribution in [0.3, 0.4) is 0 Å². The van der Waals surface area contributed by atoms with E-state index in [-0.39, 0.29) is 0 Å². The van der Waals surface area contributed by atoms with E-state index < -0.39 is 0 Å². The van der Waals surface area contributed by atoms with Gasteiger partial charge >= 0.3 is 0 Å². The number of nitrogen functional groups attached to an aromatic ring is 1. The normalized spacial score (nSPS) is 10.7. The Hall–Kier alpha value is -2.56. The monoisotopic (exact) mass is 241 g/mol. The van der Waals surface area contributed by atoms with Gasteiger partial charge in [-0.2, -0.15) is 4.98 Å². The van der Waals surface area contributed by atoms with Gasteiger partial charge in [-0.25, -0.2) is 4.98 Å². The minimum absolute atomic E-state index is 0.413. The average Bonchev–Trinajstić information content (AvgIpc) is 2.81. The minimum atomic E-state index is 0.413. The molecule has 0 saturated heterocycles. The lowest BCUT2D eigenvalue weighted by Crippen LogP contribution is -1.87. The first-order chi connectivity index (χ1) is 8.76. The van der Waals surface area contributed by atoms with Crippen molar-refractivity contribution in [1.82, 2.24) is 9.97 Å². The molecule has 0 radical (unpaired) electrons. The molecule has 0 aliphatic carbocycles. The minimum Gasteiger partial charge on any atom is -0.497 e. The number of benzene rings is 1. The van der Waals surface area contributed by atoms with E-state index in [1.807, 2.05) is 24.3 Å². The van der Waals surface area contributed by atoms with Crippen LogP contribution in [-0.2, 0) is 0 Å². The van der Waals surface area contributed by atoms with Gasteiger partial charge < -0.3 is 14.9 Å². The van der Waals surface area contributed by atoms with Crippen molar-refractivity contribution < 1.29 is 9.15 Å². The number of anilines is 1. The van der Waals surface area contributed by atoms with Crippen molar-refractivity contribution in [2.24, 2.45) is 0 Å². The topological polar surface area (TPSA) is 74.2 Å². The standard InChI is InChI=1S/C13H11N3O2/c1-17-9-4-2-3-8(7-9)12-15-10-5-6-11(14)16-13(10)18-12/h2-7H,1H3,(H2,14,16). The molecule has 0 spiro atoms. The summed E-state index contributed by atoms with van der Waals surface area (Å²) in [5.41, 5.74) is 7.56. The maximum atomic E-state index is 5.60. The molecule has 5 nitrogen and oxygen atoms in total. The molecule has 0 amide bonds. The van der Waals surface area contributed by atoms with Crippen molar-refractivity contribution in [1.29, 1.82) is 0 Å². The van der Waals surface area contributed by atoms with Crippen LogP contribution in [0.15, 0.2) is 40.8 Å². The highest BCUT2D eigenvalue weighted by molar-refractivity contribution is 5.74. The molecule has 18 heavy (non-hydrogen) atoms. The number of ether oxygens (including phenoxy) is 1. The zero-order chi connectivity index (χ0) is 12.5. The Labute approximate surface area is 103 Å². The predicted molar refractivity (Wildman–Crippen MR) is 68.2 cm³/mol. The number of methoxy groups -OCH3 is 1. The van der Waals surface area contributed by atoms with Crippen molar-refractivity contribution in [3.05, 3.63) is 36.4 Å². The van der Waals surface area contributed by atoms with Gasteiger partial charge in [-0.3, -0.25) is 0 Å². The van der Waals surface area contributed by atoms with Gasteiger partial charge in [0.1, 0.15) is 17.1 Å². The Morgan fingerprint density at radius 3 is 2.89 bits per heavy atom. The van der Waals surface area contributed by atoms with Crippen LogP contribution in [0.5, 0.6) is 5.75 Å². The van der Waals surface area contributed by atoms with E-state index in [2.05, 4.69) is 9.97 Å². The molecule has 2 N–H and O–H groups in total. The maximum Gasteiger partial charge on any atom is 0.249 e. The second-order valence-corrected chi connectivity index (χ2v) is 3.81.